The molecule has 7 heteroatoms. The number of esters is 1. The molecule has 182 valence electrons. The number of hydrogen-bond acceptors (Lipinski definition) is 6. The highest BCUT2D eigenvalue weighted by Gasteiger charge is 2.55. The number of phenolic OH excluding ortho intramolecular Hbond substituents is 2. The smallest absolute Gasteiger partial charge is 0.340 e. The third-order valence-electron chi connectivity index (χ3n) is 7.65. The molecule has 2 aliphatic heterocycles. The van der Waals surface area contributed by atoms with Crippen LogP contribution in [0.25, 0.3) is 0 Å². The number of rotatable bonds is 2. The Kier molecular flexibility index (Phi) is 4.28. The fraction of sp³-hybridized carbons (Fsp3) is 0.133. The maximum atomic E-state index is 13.2. The molecule has 4 aromatic rings. The normalized spacial score (nSPS) is 20.4. The molecular weight excluding hydrogens is 472 g/mol. The third kappa shape index (κ3) is 2.88. The molecule has 0 fully saturated rings. The van der Waals surface area contributed by atoms with Gasteiger partial charge in [0.25, 0.3) is 0 Å². The molecule has 0 aromatic heterocycles. The molecule has 0 saturated carbocycles. The molecule has 0 bridgehead atoms. The minimum absolute atomic E-state index is 0.0127. The first-order chi connectivity index (χ1) is 17.9. The molecule has 37 heavy (non-hydrogen) atoms. The summed E-state index contributed by atoms with van der Waals surface area (Å²) in [6.45, 7) is 0. The lowest BCUT2D eigenvalue weighted by Crippen LogP contribution is -2.34. The summed E-state index contributed by atoms with van der Waals surface area (Å²) in [5.74, 6) is -1.19. The van der Waals surface area contributed by atoms with Crippen LogP contribution in [0.2, 0.25) is 0 Å². The second kappa shape index (κ2) is 7.36. The molecule has 2 atom stereocenters. The van der Waals surface area contributed by atoms with Gasteiger partial charge in [0, 0.05) is 29.2 Å². The summed E-state index contributed by atoms with van der Waals surface area (Å²) >= 11 is 0. The lowest BCUT2D eigenvalue weighted by Gasteiger charge is -2.39. The van der Waals surface area contributed by atoms with Gasteiger partial charge in [0.1, 0.15) is 23.0 Å². The summed E-state index contributed by atoms with van der Waals surface area (Å²) in [5.41, 5.74) is 3.60. The molecule has 7 rings (SSSR count). The number of aromatic carboxylic acids is 1. The van der Waals surface area contributed by atoms with E-state index in [4.69, 9.17) is 9.47 Å². The van der Waals surface area contributed by atoms with Gasteiger partial charge in [-0.15, -0.1) is 0 Å². The second-order valence-electron chi connectivity index (χ2n) is 9.62. The topological polar surface area (TPSA) is 113 Å². The Morgan fingerprint density at radius 1 is 0.865 bits per heavy atom. The Morgan fingerprint density at radius 3 is 2.51 bits per heavy atom. The highest BCUT2D eigenvalue weighted by molar-refractivity contribution is 5.97. The Morgan fingerprint density at radius 2 is 1.68 bits per heavy atom. The number of aryl methyl sites for hydroxylation is 1. The average Bonchev–Trinajstić information content (AvgIpc) is 3.42. The van der Waals surface area contributed by atoms with E-state index in [-0.39, 0.29) is 23.0 Å². The van der Waals surface area contributed by atoms with Crippen LogP contribution in [0.15, 0.2) is 72.8 Å². The summed E-state index contributed by atoms with van der Waals surface area (Å²) in [4.78, 5) is 25.0. The quantitative estimate of drug-likeness (QED) is 0.319. The first-order valence-corrected chi connectivity index (χ1v) is 11.9. The van der Waals surface area contributed by atoms with Crippen LogP contribution in [0.4, 0.5) is 0 Å². The van der Waals surface area contributed by atoms with Crippen LogP contribution < -0.4 is 4.74 Å². The SMILES string of the molecule is O=C(O)c1ccc2c(c1)C(c1cc(O)cc3c1C1(OC(=O)c4ccccc41)c1ccc(O)cc1O3)CC2. The Hall–Kier alpha value is -4.78. The number of carboxylic acid groups (broad SMARTS) is 1. The van der Waals surface area contributed by atoms with E-state index in [9.17, 15) is 24.9 Å². The number of ether oxygens (including phenoxy) is 2. The van der Waals surface area contributed by atoms with Crippen molar-refractivity contribution < 1.29 is 34.4 Å². The predicted octanol–water partition coefficient (Wildman–Crippen LogP) is 5.44. The van der Waals surface area contributed by atoms with Gasteiger partial charge in [-0.05, 0) is 65.9 Å². The van der Waals surface area contributed by atoms with Gasteiger partial charge in [-0.2, -0.15) is 0 Å². The second-order valence-corrected chi connectivity index (χ2v) is 9.62. The van der Waals surface area contributed by atoms with Gasteiger partial charge in [0.05, 0.1) is 16.7 Å². The van der Waals surface area contributed by atoms with E-state index in [1.807, 2.05) is 18.2 Å². The van der Waals surface area contributed by atoms with E-state index in [0.29, 0.717) is 45.7 Å². The molecule has 2 heterocycles. The monoisotopic (exact) mass is 492 g/mol. The number of aromatic hydroxyl groups is 2. The first-order valence-electron chi connectivity index (χ1n) is 11.9. The zero-order valence-corrected chi connectivity index (χ0v) is 19.4. The maximum Gasteiger partial charge on any atom is 0.340 e. The number of carboxylic acids is 1. The largest absolute Gasteiger partial charge is 0.508 e. The number of carbonyl (C=O) groups is 2. The fourth-order valence-electron chi connectivity index (χ4n) is 6.15. The predicted molar refractivity (Wildman–Crippen MR) is 132 cm³/mol. The Bertz CT molecular complexity index is 1670. The summed E-state index contributed by atoms with van der Waals surface area (Å²) < 4.78 is 12.5. The number of hydrogen-bond donors (Lipinski definition) is 3. The van der Waals surface area contributed by atoms with Crippen molar-refractivity contribution in [1.82, 2.24) is 0 Å². The zero-order chi connectivity index (χ0) is 25.5. The molecule has 4 aromatic carbocycles. The van der Waals surface area contributed by atoms with Crippen molar-refractivity contribution in [1.29, 1.82) is 0 Å². The number of fused-ring (bicyclic) bond motifs is 7. The van der Waals surface area contributed by atoms with Crippen LogP contribution in [0.5, 0.6) is 23.0 Å². The van der Waals surface area contributed by atoms with Gasteiger partial charge in [-0.1, -0.05) is 24.3 Å². The number of benzene rings is 4. The lowest BCUT2D eigenvalue weighted by atomic mass is 9.73. The highest BCUT2D eigenvalue weighted by Crippen LogP contribution is 2.60. The minimum Gasteiger partial charge on any atom is -0.508 e. The van der Waals surface area contributed by atoms with Gasteiger partial charge in [0.2, 0.25) is 0 Å². The summed E-state index contributed by atoms with van der Waals surface area (Å²) in [6, 6.07) is 20.1. The first kappa shape index (κ1) is 21.5. The molecule has 3 N–H and O–H groups in total. The van der Waals surface area contributed by atoms with Crippen molar-refractivity contribution in [3.05, 3.63) is 117 Å². The molecule has 2 unspecified atom stereocenters. The van der Waals surface area contributed by atoms with Crippen LogP contribution in [-0.4, -0.2) is 27.3 Å². The van der Waals surface area contributed by atoms with E-state index in [0.717, 1.165) is 17.5 Å². The van der Waals surface area contributed by atoms with Crippen molar-refractivity contribution in [2.45, 2.75) is 24.4 Å². The van der Waals surface area contributed by atoms with Gasteiger partial charge >= 0.3 is 11.9 Å². The van der Waals surface area contributed by atoms with Gasteiger partial charge in [-0.25, -0.2) is 9.59 Å². The number of phenols is 2. The Labute approximate surface area is 211 Å². The molecule has 0 saturated heterocycles. The van der Waals surface area contributed by atoms with Crippen molar-refractivity contribution in [3.63, 3.8) is 0 Å². The molecule has 1 spiro atoms. The molecule has 0 amide bonds. The Balaban J connectivity index is 1.55. The fourth-order valence-corrected chi connectivity index (χ4v) is 6.15. The lowest BCUT2D eigenvalue weighted by molar-refractivity contribution is 0.0220. The summed E-state index contributed by atoms with van der Waals surface area (Å²) in [7, 11) is 0. The van der Waals surface area contributed by atoms with Crippen LogP contribution >= 0.6 is 0 Å². The molecule has 7 nitrogen and oxygen atoms in total. The molecule has 3 aliphatic rings. The van der Waals surface area contributed by atoms with Crippen molar-refractivity contribution in [3.8, 4) is 23.0 Å². The third-order valence-corrected chi connectivity index (χ3v) is 7.65. The van der Waals surface area contributed by atoms with E-state index >= 15 is 0 Å². The van der Waals surface area contributed by atoms with Gasteiger partial charge in [-0.3, -0.25) is 0 Å². The van der Waals surface area contributed by atoms with Gasteiger partial charge < -0.3 is 24.8 Å². The van der Waals surface area contributed by atoms with E-state index in [2.05, 4.69) is 0 Å². The molecular formula is C30H20O7. The maximum absolute atomic E-state index is 13.2. The zero-order valence-electron chi connectivity index (χ0n) is 19.4. The van der Waals surface area contributed by atoms with Crippen LogP contribution in [0.1, 0.15) is 66.4 Å². The standard InChI is InChI=1S/C30H20O7/c31-17-8-10-24-25(13-17)36-26-14-18(32)12-22(19-9-7-15-5-6-16(28(33)34)11-21(15)19)27(26)30(24)23-4-2-1-3-20(23)29(35)37-30/h1-6,8,10-14,19,31-32H,7,9H2,(H,33,34). The van der Waals surface area contributed by atoms with Crippen LogP contribution in [-0.2, 0) is 16.8 Å². The van der Waals surface area contributed by atoms with E-state index in [1.54, 1.807) is 36.4 Å². The van der Waals surface area contributed by atoms with Crippen LogP contribution in [0.3, 0.4) is 0 Å². The van der Waals surface area contributed by atoms with E-state index < -0.39 is 17.5 Å². The van der Waals surface area contributed by atoms with Crippen molar-refractivity contribution in [2.75, 3.05) is 0 Å². The van der Waals surface area contributed by atoms with E-state index in [1.165, 1.54) is 18.2 Å². The summed E-state index contributed by atoms with van der Waals surface area (Å²) in [5, 5.41) is 30.6. The van der Waals surface area contributed by atoms with Gasteiger partial charge in [0.15, 0.2) is 5.60 Å². The minimum atomic E-state index is -1.37. The molecule has 0 radical (unpaired) electrons. The van der Waals surface area contributed by atoms with Crippen LogP contribution in [0, 0.1) is 0 Å². The van der Waals surface area contributed by atoms with Crippen molar-refractivity contribution in [2.24, 2.45) is 0 Å². The molecule has 1 aliphatic carbocycles. The van der Waals surface area contributed by atoms with Crippen molar-refractivity contribution >= 4 is 11.9 Å². The number of carbonyl (C=O) groups excluding carboxylic acids is 1. The highest BCUT2D eigenvalue weighted by atomic mass is 16.6. The summed E-state index contributed by atoms with van der Waals surface area (Å²) in [6.07, 6.45) is 1.42. The average molecular weight is 492 g/mol.